The third-order valence-corrected chi connectivity index (χ3v) is 7.30. The molecule has 0 fully saturated rings. The smallest absolute Gasteiger partial charge is 0.222 e. The number of hydrogen-bond acceptors (Lipinski definition) is 7. The van der Waals surface area contributed by atoms with E-state index in [2.05, 4.69) is 14.0 Å². The van der Waals surface area contributed by atoms with E-state index in [1.807, 2.05) is 42.3 Å². The molecule has 0 aromatic carbocycles. The van der Waals surface area contributed by atoms with E-state index in [1.54, 1.807) is 0 Å². The van der Waals surface area contributed by atoms with E-state index >= 15 is 0 Å². The van der Waals surface area contributed by atoms with Gasteiger partial charge in [0.2, 0.25) is 0 Å². The number of nitrogens with zero attached hydrogens (tertiary/aromatic N) is 3. The van der Waals surface area contributed by atoms with Gasteiger partial charge in [-0.3, -0.25) is 0 Å². The van der Waals surface area contributed by atoms with Crippen molar-refractivity contribution in [3.8, 4) is 0 Å². The third kappa shape index (κ3) is 7.92. The van der Waals surface area contributed by atoms with Crippen LogP contribution in [0.25, 0.3) is 0 Å². The van der Waals surface area contributed by atoms with E-state index in [1.165, 1.54) is 0 Å². The monoisotopic (exact) mass is 297 g/mol. The molecule has 0 saturated heterocycles. The number of rotatable bonds is 3. The Kier molecular flexibility index (Phi) is 8.62. The summed E-state index contributed by atoms with van der Waals surface area (Å²) in [5.74, 6) is 0. The van der Waals surface area contributed by atoms with Gasteiger partial charge in [-0.15, -0.1) is 24.3 Å². The molecule has 7 nitrogen and oxygen atoms in total. The molecule has 100 valence electrons. The maximum absolute atomic E-state index is 8.49. The van der Waals surface area contributed by atoms with Crippen molar-refractivity contribution in [2.24, 2.45) is 0 Å². The first-order valence-electron chi connectivity index (χ1n) is 4.07. The first-order chi connectivity index (χ1) is 6.83. The van der Waals surface area contributed by atoms with Gasteiger partial charge in [0, 0.05) is 42.3 Å². The van der Waals surface area contributed by atoms with Crippen LogP contribution in [0.1, 0.15) is 0 Å². The average molecular weight is 298 g/mol. The molecule has 0 aliphatic rings. The summed E-state index contributed by atoms with van der Waals surface area (Å²) >= 11 is 6.43. The van der Waals surface area contributed by atoms with E-state index in [0.717, 1.165) is 0 Å². The van der Waals surface area contributed by atoms with Crippen LogP contribution >= 0.6 is 18.3 Å². The fourth-order valence-electron chi connectivity index (χ4n) is 1.07. The zero-order valence-electron chi connectivity index (χ0n) is 10.2. The normalized spacial score (nSPS) is 13.1. The second-order valence-corrected chi connectivity index (χ2v) is 8.92. The molecule has 0 N–H and O–H groups in total. The summed E-state index contributed by atoms with van der Waals surface area (Å²) in [5.41, 5.74) is 0. The van der Waals surface area contributed by atoms with Gasteiger partial charge in [-0.25, -0.2) is 18.6 Å². The molecule has 10 heteroatoms. The summed E-state index contributed by atoms with van der Waals surface area (Å²) in [6.07, 6.45) is 0. The summed E-state index contributed by atoms with van der Waals surface area (Å²) < 4.78 is 40.2. The molecule has 0 aliphatic carbocycles. The SMILES string of the molecule is CN(C)[P+](Cl)(N(C)C)N(C)C.[O-][Cl+3]([O-])([O-])[O-]. The van der Waals surface area contributed by atoms with Gasteiger partial charge in [0.1, 0.15) is 0 Å². The van der Waals surface area contributed by atoms with Crippen molar-refractivity contribution in [3.05, 3.63) is 0 Å². The highest BCUT2D eigenvalue weighted by atomic mass is 35.7. The summed E-state index contributed by atoms with van der Waals surface area (Å²) in [6, 6.07) is 0. The van der Waals surface area contributed by atoms with Crippen LogP contribution in [0.4, 0.5) is 0 Å². The molecule has 0 saturated carbocycles. The van der Waals surface area contributed by atoms with Crippen LogP contribution in [0.5, 0.6) is 0 Å². The van der Waals surface area contributed by atoms with Crippen LogP contribution in [0, 0.1) is 10.2 Å². The molecule has 0 aromatic rings. The van der Waals surface area contributed by atoms with Gasteiger partial charge in [-0.1, -0.05) is 0 Å². The van der Waals surface area contributed by atoms with E-state index in [-0.39, 0.29) is 0 Å². The van der Waals surface area contributed by atoms with Crippen molar-refractivity contribution in [2.75, 3.05) is 42.3 Å². The Morgan fingerprint density at radius 3 is 0.875 bits per heavy atom. The van der Waals surface area contributed by atoms with Crippen molar-refractivity contribution >= 4 is 18.3 Å². The third-order valence-electron chi connectivity index (χ3n) is 1.53. The average Bonchev–Trinajstić information content (AvgIpc) is 1.98. The molecule has 0 aromatic heterocycles. The lowest BCUT2D eigenvalue weighted by Crippen LogP contribution is -2.68. The predicted octanol–water partition coefficient (Wildman–Crippen LogP) is -3.17. The molecule has 0 spiro atoms. The van der Waals surface area contributed by atoms with Gasteiger partial charge < -0.3 is 0 Å². The Morgan fingerprint density at radius 1 is 0.750 bits per heavy atom. The van der Waals surface area contributed by atoms with E-state index in [0.29, 0.717) is 0 Å². The van der Waals surface area contributed by atoms with E-state index in [4.69, 9.17) is 29.9 Å². The minimum Gasteiger partial charge on any atom is -0.222 e. The Bertz CT molecular complexity index is 173. The Balaban J connectivity index is 0. The second-order valence-electron chi connectivity index (χ2n) is 3.41. The van der Waals surface area contributed by atoms with Crippen molar-refractivity contribution in [3.63, 3.8) is 0 Å². The first-order valence-corrected chi connectivity index (χ1v) is 7.86. The number of halogens is 2. The molecular formula is C6H18Cl2N3O4P. The molecule has 0 bridgehead atoms. The minimum absolute atomic E-state index is 1.71. The zero-order chi connectivity index (χ0) is 13.7. The summed E-state index contributed by atoms with van der Waals surface area (Å²) in [7, 11) is 5.35. The van der Waals surface area contributed by atoms with Crippen molar-refractivity contribution in [2.45, 2.75) is 0 Å². The van der Waals surface area contributed by atoms with Crippen LogP contribution in [0.15, 0.2) is 0 Å². The predicted molar refractivity (Wildman–Crippen MR) is 53.8 cm³/mol. The van der Waals surface area contributed by atoms with Crippen molar-refractivity contribution in [1.29, 1.82) is 0 Å². The zero-order valence-corrected chi connectivity index (χ0v) is 12.6. The van der Waals surface area contributed by atoms with Gasteiger partial charge in [-0.05, 0) is 0 Å². The molecule has 0 amide bonds. The molecule has 0 heterocycles. The van der Waals surface area contributed by atoms with Crippen LogP contribution < -0.4 is 18.6 Å². The van der Waals surface area contributed by atoms with E-state index < -0.39 is 17.3 Å². The van der Waals surface area contributed by atoms with Crippen LogP contribution in [-0.2, 0) is 0 Å². The van der Waals surface area contributed by atoms with Crippen molar-refractivity contribution in [1.82, 2.24) is 14.0 Å². The van der Waals surface area contributed by atoms with Crippen LogP contribution in [-0.4, -0.2) is 56.3 Å². The van der Waals surface area contributed by atoms with Crippen LogP contribution in [0.2, 0.25) is 0 Å². The van der Waals surface area contributed by atoms with Gasteiger partial charge in [-0.2, -0.15) is 0 Å². The molecule has 0 rings (SSSR count). The van der Waals surface area contributed by atoms with E-state index in [9.17, 15) is 0 Å². The standard InChI is InChI=1S/C6H18ClN3P.ClHO4/c1-8(2)11(7,9(3)4)10(5)6;2-1(3,4)5/h1-6H3;(H,2,3,4,5)/q+1;/p-1. The lowest BCUT2D eigenvalue weighted by atomic mass is 11.2. The highest BCUT2D eigenvalue weighted by Gasteiger charge is 2.46. The molecule has 0 unspecified atom stereocenters. The van der Waals surface area contributed by atoms with Crippen molar-refractivity contribution < 1.29 is 28.9 Å². The molecule has 0 radical (unpaired) electrons. The lowest BCUT2D eigenvalue weighted by molar-refractivity contribution is -2.00. The summed E-state index contributed by atoms with van der Waals surface area (Å²) in [4.78, 5) is 0. The highest BCUT2D eigenvalue weighted by molar-refractivity contribution is 7.93. The quantitative estimate of drug-likeness (QED) is 0.506. The maximum Gasteiger partial charge on any atom is 0.330 e. The van der Waals surface area contributed by atoms with Gasteiger partial charge in [0.25, 0.3) is 0 Å². The highest BCUT2D eigenvalue weighted by Crippen LogP contribution is 2.68. The minimum atomic E-state index is -4.94. The first kappa shape index (κ1) is 19.1. The van der Waals surface area contributed by atoms with Gasteiger partial charge in [0.05, 0.1) is 0 Å². The molecule has 0 atom stereocenters. The Morgan fingerprint density at radius 2 is 0.875 bits per heavy atom. The Labute approximate surface area is 104 Å². The maximum atomic E-state index is 8.49. The Hall–Kier alpha value is 0.730. The molecular weight excluding hydrogens is 280 g/mol. The van der Waals surface area contributed by atoms with Crippen LogP contribution in [0.3, 0.4) is 0 Å². The lowest BCUT2D eigenvalue weighted by Gasteiger charge is -2.32. The second kappa shape index (κ2) is 7.23. The summed E-state index contributed by atoms with van der Waals surface area (Å²) in [5, 5.41) is 0. The summed E-state index contributed by atoms with van der Waals surface area (Å²) in [6.45, 7) is 0. The number of hydrogen-bond donors (Lipinski definition) is 0. The fourth-order valence-corrected chi connectivity index (χ4v) is 3.22. The van der Waals surface area contributed by atoms with Gasteiger partial charge in [0.15, 0.2) is 11.2 Å². The topological polar surface area (TPSA) is 102 Å². The van der Waals surface area contributed by atoms with Gasteiger partial charge >= 0.3 is 7.07 Å². The fraction of sp³-hybridized carbons (Fsp3) is 1.00. The molecule has 0 aliphatic heterocycles. The molecule has 16 heavy (non-hydrogen) atoms. The largest absolute Gasteiger partial charge is 0.330 e.